The molecular weight excluding hydrogens is 238 g/mol. The Morgan fingerprint density at radius 2 is 1.84 bits per heavy atom. The average molecular weight is 259 g/mol. The Labute approximate surface area is 114 Å². The maximum absolute atomic E-state index is 8.91. The van der Waals surface area contributed by atoms with Crippen LogP contribution in [-0.4, -0.2) is 11.7 Å². The molecule has 2 aromatic rings. The molecule has 0 saturated heterocycles. The zero-order valence-electron chi connectivity index (χ0n) is 11.3. The first-order chi connectivity index (χ1) is 9.29. The highest BCUT2D eigenvalue weighted by Gasteiger charge is 2.05. The number of benzene rings is 1. The van der Waals surface area contributed by atoms with Crippen molar-refractivity contribution in [2.75, 3.05) is 6.54 Å². The van der Waals surface area contributed by atoms with Crippen LogP contribution in [0.4, 0.5) is 0 Å². The summed E-state index contributed by atoms with van der Waals surface area (Å²) in [5.41, 5.74) is 1.38. The van der Waals surface area contributed by atoms with Crippen LogP contribution in [0, 0.1) is 0 Å². The van der Waals surface area contributed by atoms with E-state index in [4.69, 9.17) is 9.52 Å². The van der Waals surface area contributed by atoms with Gasteiger partial charge in [-0.15, -0.1) is 0 Å². The van der Waals surface area contributed by atoms with Crippen molar-refractivity contribution in [3.63, 3.8) is 0 Å². The van der Waals surface area contributed by atoms with E-state index >= 15 is 0 Å². The number of hydrogen-bond donors (Lipinski definition) is 2. The van der Waals surface area contributed by atoms with Gasteiger partial charge in [-0.2, -0.15) is 0 Å². The van der Waals surface area contributed by atoms with Crippen LogP contribution in [0.1, 0.15) is 36.3 Å². The molecule has 0 bridgehead atoms. The second-order valence-corrected chi connectivity index (χ2v) is 4.80. The molecule has 1 atom stereocenters. The molecule has 0 fully saturated rings. The zero-order chi connectivity index (χ0) is 13.5. The minimum absolute atomic E-state index is 0.0367. The van der Waals surface area contributed by atoms with Gasteiger partial charge in [-0.3, -0.25) is 0 Å². The van der Waals surface area contributed by atoms with Crippen molar-refractivity contribution in [2.24, 2.45) is 0 Å². The lowest BCUT2D eigenvalue weighted by Crippen LogP contribution is -2.16. The number of rotatable bonds is 7. The molecule has 3 nitrogen and oxygen atoms in total. The van der Waals surface area contributed by atoms with Gasteiger partial charge in [0.2, 0.25) is 0 Å². The van der Waals surface area contributed by atoms with E-state index in [-0.39, 0.29) is 6.61 Å². The van der Waals surface area contributed by atoms with Crippen molar-refractivity contribution in [2.45, 2.75) is 32.4 Å². The molecule has 19 heavy (non-hydrogen) atoms. The molecule has 3 heteroatoms. The quantitative estimate of drug-likeness (QED) is 0.751. The van der Waals surface area contributed by atoms with E-state index in [1.54, 1.807) is 0 Å². The Kier molecular flexibility index (Phi) is 5.19. The van der Waals surface area contributed by atoms with Crippen LogP contribution in [0.5, 0.6) is 0 Å². The van der Waals surface area contributed by atoms with E-state index in [2.05, 4.69) is 36.5 Å². The summed E-state index contributed by atoms with van der Waals surface area (Å²) in [5.74, 6) is 2.05. The number of aliphatic hydroxyl groups is 1. The molecule has 0 aliphatic carbocycles. The molecule has 0 aliphatic rings. The largest absolute Gasteiger partial charge is 0.462 e. The zero-order valence-corrected chi connectivity index (χ0v) is 11.3. The lowest BCUT2D eigenvalue weighted by atomic mass is 9.98. The van der Waals surface area contributed by atoms with E-state index in [0.29, 0.717) is 18.2 Å². The first-order valence-corrected chi connectivity index (χ1v) is 6.73. The van der Waals surface area contributed by atoms with Gasteiger partial charge in [0.1, 0.15) is 18.1 Å². The van der Waals surface area contributed by atoms with Crippen molar-refractivity contribution >= 4 is 0 Å². The van der Waals surface area contributed by atoms with Crippen LogP contribution in [0.15, 0.2) is 46.9 Å². The normalized spacial score (nSPS) is 12.5. The molecule has 1 aromatic heterocycles. The Bertz CT molecular complexity index is 479. The van der Waals surface area contributed by atoms with E-state index in [9.17, 15) is 0 Å². The third kappa shape index (κ3) is 4.23. The third-order valence-electron chi connectivity index (χ3n) is 3.30. The number of aliphatic hydroxyl groups excluding tert-OH is 1. The molecule has 1 unspecified atom stereocenters. The molecule has 0 saturated carbocycles. The highest BCUT2D eigenvalue weighted by Crippen LogP contribution is 2.17. The van der Waals surface area contributed by atoms with Crippen molar-refractivity contribution < 1.29 is 9.52 Å². The Morgan fingerprint density at radius 3 is 2.53 bits per heavy atom. The van der Waals surface area contributed by atoms with Gasteiger partial charge in [0.25, 0.3) is 0 Å². The lowest BCUT2D eigenvalue weighted by molar-refractivity contribution is 0.242. The van der Waals surface area contributed by atoms with E-state index in [0.717, 1.165) is 18.7 Å². The predicted molar refractivity (Wildman–Crippen MR) is 75.8 cm³/mol. The fourth-order valence-corrected chi connectivity index (χ4v) is 2.08. The van der Waals surface area contributed by atoms with Crippen LogP contribution in [-0.2, 0) is 13.2 Å². The van der Waals surface area contributed by atoms with E-state index in [1.807, 2.05) is 18.2 Å². The van der Waals surface area contributed by atoms with Gasteiger partial charge in [0.05, 0.1) is 6.54 Å². The molecule has 0 aliphatic heterocycles. The Morgan fingerprint density at radius 1 is 1.11 bits per heavy atom. The molecule has 2 N–H and O–H groups in total. The molecule has 2 rings (SSSR count). The van der Waals surface area contributed by atoms with Crippen LogP contribution in [0.3, 0.4) is 0 Å². The SMILES string of the molecule is CC(CCNCc1ccc(CO)o1)c1ccccc1. The summed E-state index contributed by atoms with van der Waals surface area (Å²) in [6.07, 6.45) is 1.09. The Balaban J connectivity index is 1.69. The van der Waals surface area contributed by atoms with Gasteiger partial charge >= 0.3 is 0 Å². The van der Waals surface area contributed by atoms with Crippen LogP contribution in [0.2, 0.25) is 0 Å². The predicted octanol–water partition coefficient (Wildman–Crippen LogP) is 3.06. The van der Waals surface area contributed by atoms with E-state index in [1.165, 1.54) is 5.56 Å². The molecule has 0 radical (unpaired) electrons. The highest BCUT2D eigenvalue weighted by atomic mass is 16.4. The molecule has 102 valence electrons. The van der Waals surface area contributed by atoms with Crippen LogP contribution < -0.4 is 5.32 Å². The molecular formula is C16H21NO2. The number of furan rings is 1. The minimum Gasteiger partial charge on any atom is -0.462 e. The summed E-state index contributed by atoms with van der Waals surface area (Å²) >= 11 is 0. The smallest absolute Gasteiger partial charge is 0.129 e. The van der Waals surface area contributed by atoms with Gasteiger partial charge in [0.15, 0.2) is 0 Å². The summed E-state index contributed by atoms with van der Waals surface area (Å²) in [5, 5.41) is 12.3. The van der Waals surface area contributed by atoms with E-state index < -0.39 is 0 Å². The second kappa shape index (κ2) is 7.12. The summed E-state index contributed by atoms with van der Waals surface area (Å²) in [7, 11) is 0. The summed E-state index contributed by atoms with van der Waals surface area (Å²) in [6.45, 7) is 3.87. The standard InChI is InChI=1S/C16H21NO2/c1-13(14-5-3-2-4-6-14)9-10-17-11-15-7-8-16(12-18)19-15/h2-8,13,17-18H,9-12H2,1H3. The second-order valence-electron chi connectivity index (χ2n) is 4.80. The first-order valence-electron chi connectivity index (χ1n) is 6.73. The fourth-order valence-electron chi connectivity index (χ4n) is 2.08. The van der Waals surface area contributed by atoms with Crippen molar-refractivity contribution in [3.8, 4) is 0 Å². The van der Waals surface area contributed by atoms with Gasteiger partial charge < -0.3 is 14.8 Å². The summed E-state index contributed by atoms with van der Waals surface area (Å²) in [6, 6.07) is 14.3. The van der Waals surface area contributed by atoms with Gasteiger partial charge in [-0.1, -0.05) is 37.3 Å². The third-order valence-corrected chi connectivity index (χ3v) is 3.30. The summed E-state index contributed by atoms with van der Waals surface area (Å²) in [4.78, 5) is 0. The summed E-state index contributed by atoms with van der Waals surface area (Å²) < 4.78 is 5.41. The number of hydrogen-bond acceptors (Lipinski definition) is 3. The lowest BCUT2D eigenvalue weighted by Gasteiger charge is -2.11. The van der Waals surface area contributed by atoms with Crippen molar-refractivity contribution in [1.29, 1.82) is 0 Å². The average Bonchev–Trinajstić information content (AvgIpc) is 2.92. The highest BCUT2D eigenvalue weighted by molar-refractivity contribution is 5.18. The minimum atomic E-state index is -0.0367. The topological polar surface area (TPSA) is 45.4 Å². The van der Waals surface area contributed by atoms with Crippen molar-refractivity contribution in [1.82, 2.24) is 5.32 Å². The first kappa shape index (κ1) is 13.8. The van der Waals surface area contributed by atoms with Crippen LogP contribution >= 0.6 is 0 Å². The monoisotopic (exact) mass is 259 g/mol. The molecule has 1 aromatic carbocycles. The molecule has 1 heterocycles. The molecule has 0 amide bonds. The van der Waals surface area contributed by atoms with Gasteiger partial charge in [-0.05, 0) is 36.6 Å². The van der Waals surface area contributed by atoms with Crippen molar-refractivity contribution in [3.05, 3.63) is 59.5 Å². The maximum atomic E-state index is 8.91. The van der Waals surface area contributed by atoms with Crippen LogP contribution in [0.25, 0.3) is 0 Å². The Hall–Kier alpha value is -1.58. The van der Waals surface area contributed by atoms with Gasteiger partial charge in [0, 0.05) is 0 Å². The number of nitrogens with one attached hydrogen (secondary N) is 1. The maximum Gasteiger partial charge on any atom is 0.129 e. The fraction of sp³-hybridized carbons (Fsp3) is 0.375. The van der Waals surface area contributed by atoms with Gasteiger partial charge in [-0.25, -0.2) is 0 Å². The molecule has 0 spiro atoms.